The van der Waals surface area contributed by atoms with Gasteiger partial charge < -0.3 is 9.64 Å². The third-order valence-electron chi connectivity index (χ3n) is 4.94. The highest BCUT2D eigenvalue weighted by molar-refractivity contribution is 9.10. The average molecular weight is 439 g/mol. The van der Waals surface area contributed by atoms with Gasteiger partial charge in [-0.2, -0.15) is 0 Å². The summed E-state index contributed by atoms with van der Waals surface area (Å²) < 4.78 is 6.33. The van der Waals surface area contributed by atoms with E-state index in [0.717, 1.165) is 39.6 Å². The third kappa shape index (κ3) is 3.70. The number of esters is 1. The number of hydrogen-bond donors (Lipinski definition) is 0. The quantitative estimate of drug-likeness (QED) is 0.454. The molecule has 142 valence electrons. The highest BCUT2D eigenvalue weighted by Crippen LogP contribution is 2.28. The first kappa shape index (κ1) is 18.8. The van der Waals surface area contributed by atoms with Crippen molar-refractivity contribution in [1.82, 2.24) is 9.88 Å². The Kier molecular flexibility index (Phi) is 5.24. The van der Waals surface area contributed by atoms with Crippen molar-refractivity contribution in [3.05, 3.63) is 75.4 Å². The number of aromatic nitrogens is 1. The first-order valence-electron chi connectivity index (χ1n) is 9.08. The van der Waals surface area contributed by atoms with Crippen molar-refractivity contribution < 1.29 is 14.3 Å². The van der Waals surface area contributed by atoms with Crippen molar-refractivity contribution in [3.63, 3.8) is 0 Å². The Hall–Kier alpha value is -2.57. The first-order chi connectivity index (χ1) is 13.5. The van der Waals surface area contributed by atoms with E-state index in [1.807, 2.05) is 31.3 Å². The molecule has 0 N–H and O–H groups in total. The number of likely N-dealkylation sites (N-methyl/N-ethyl adjacent to an activating group) is 1. The van der Waals surface area contributed by atoms with Crippen molar-refractivity contribution in [3.8, 4) is 0 Å². The zero-order valence-corrected chi connectivity index (χ0v) is 17.0. The van der Waals surface area contributed by atoms with Gasteiger partial charge in [-0.05, 0) is 25.2 Å². The first-order valence-corrected chi connectivity index (χ1v) is 9.87. The van der Waals surface area contributed by atoms with E-state index in [9.17, 15) is 9.59 Å². The molecule has 3 aromatic rings. The standard InChI is InChI=1S/C22H19BrN2O3/c1-25-11-10-19-17(12-25)21(16-4-2-3-5-18(16)24-19)22(27)28-13-20(26)14-6-8-15(23)9-7-14/h2-9H,10-13H2,1H3. The molecule has 2 heterocycles. The SMILES string of the molecule is CN1CCc2nc3ccccc3c(C(=O)OCC(=O)c3ccc(Br)cc3)c2C1. The zero-order valence-electron chi connectivity index (χ0n) is 15.4. The van der Waals surface area contributed by atoms with Crippen LogP contribution in [0.2, 0.25) is 0 Å². The van der Waals surface area contributed by atoms with Crippen molar-refractivity contribution in [1.29, 1.82) is 0 Å². The van der Waals surface area contributed by atoms with Gasteiger partial charge in [0, 0.05) is 46.2 Å². The van der Waals surface area contributed by atoms with Crippen LogP contribution in [0.5, 0.6) is 0 Å². The molecule has 0 unspecified atom stereocenters. The number of hydrogen-bond acceptors (Lipinski definition) is 5. The highest BCUT2D eigenvalue weighted by atomic mass is 79.9. The van der Waals surface area contributed by atoms with Gasteiger partial charge in [0.25, 0.3) is 0 Å². The third-order valence-corrected chi connectivity index (χ3v) is 5.47. The lowest BCUT2D eigenvalue weighted by Gasteiger charge is -2.26. The highest BCUT2D eigenvalue weighted by Gasteiger charge is 2.25. The smallest absolute Gasteiger partial charge is 0.339 e. The summed E-state index contributed by atoms with van der Waals surface area (Å²) in [5.74, 6) is -0.708. The van der Waals surface area contributed by atoms with Gasteiger partial charge in [0.05, 0.1) is 11.1 Å². The monoisotopic (exact) mass is 438 g/mol. The van der Waals surface area contributed by atoms with Gasteiger partial charge in [0.1, 0.15) is 0 Å². The summed E-state index contributed by atoms with van der Waals surface area (Å²) in [6, 6.07) is 14.6. The summed E-state index contributed by atoms with van der Waals surface area (Å²) in [6.45, 7) is 1.24. The summed E-state index contributed by atoms with van der Waals surface area (Å²) >= 11 is 3.34. The Balaban J connectivity index is 1.64. The molecule has 2 aromatic carbocycles. The lowest BCUT2D eigenvalue weighted by molar-refractivity contribution is 0.0474. The fraction of sp³-hybridized carbons (Fsp3) is 0.227. The van der Waals surface area contributed by atoms with E-state index in [-0.39, 0.29) is 12.4 Å². The summed E-state index contributed by atoms with van der Waals surface area (Å²) in [5, 5.41) is 0.762. The number of ether oxygens (including phenoxy) is 1. The van der Waals surface area contributed by atoms with E-state index in [2.05, 4.69) is 20.8 Å². The molecular weight excluding hydrogens is 420 g/mol. The zero-order chi connectivity index (χ0) is 19.7. The molecule has 0 amide bonds. The largest absolute Gasteiger partial charge is 0.454 e. The van der Waals surface area contributed by atoms with Crippen molar-refractivity contribution >= 4 is 38.6 Å². The minimum Gasteiger partial charge on any atom is -0.454 e. The van der Waals surface area contributed by atoms with Gasteiger partial charge in [-0.3, -0.25) is 9.78 Å². The normalized spacial score (nSPS) is 13.9. The van der Waals surface area contributed by atoms with Crippen LogP contribution in [0.15, 0.2) is 53.0 Å². The summed E-state index contributed by atoms with van der Waals surface area (Å²) in [6.07, 6.45) is 0.786. The van der Waals surface area contributed by atoms with Crippen LogP contribution in [-0.2, 0) is 17.7 Å². The number of rotatable bonds is 4. The summed E-state index contributed by atoms with van der Waals surface area (Å²) in [7, 11) is 2.02. The van der Waals surface area contributed by atoms with E-state index in [1.54, 1.807) is 24.3 Å². The number of nitrogens with zero attached hydrogens (tertiary/aromatic N) is 2. The van der Waals surface area contributed by atoms with Gasteiger partial charge in [-0.15, -0.1) is 0 Å². The number of pyridine rings is 1. The van der Waals surface area contributed by atoms with Crippen LogP contribution in [0.4, 0.5) is 0 Å². The molecule has 0 saturated carbocycles. The Morgan fingerprint density at radius 3 is 2.68 bits per heavy atom. The van der Waals surface area contributed by atoms with Crippen molar-refractivity contribution in [2.45, 2.75) is 13.0 Å². The minimum absolute atomic E-state index is 0.231. The van der Waals surface area contributed by atoms with Crippen molar-refractivity contribution in [2.75, 3.05) is 20.2 Å². The lowest BCUT2D eigenvalue weighted by Crippen LogP contribution is -2.29. The van der Waals surface area contributed by atoms with E-state index in [1.165, 1.54) is 0 Å². The van der Waals surface area contributed by atoms with Gasteiger partial charge in [-0.25, -0.2) is 4.79 Å². The Morgan fingerprint density at radius 2 is 1.89 bits per heavy atom. The van der Waals surface area contributed by atoms with E-state index >= 15 is 0 Å². The predicted molar refractivity (Wildman–Crippen MR) is 111 cm³/mol. The van der Waals surface area contributed by atoms with E-state index in [0.29, 0.717) is 17.7 Å². The van der Waals surface area contributed by atoms with Gasteiger partial charge in [0.2, 0.25) is 0 Å². The second-order valence-electron chi connectivity index (χ2n) is 6.92. The molecule has 1 aromatic heterocycles. The Bertz CT molecular complexity index is 1060. The number of halogens is 1. The number of benzene rings is 2. The van der Waals surface area contributed by atoms with Crippen LogP contribution < -0.4 is 0 Å². The number of para-hydroxylation sites is 1. The van der Waals surface area contributed by atoms with Crippen LogP contribution >= 0.6 is 15.9 Å². The maximum Gasteiger partial charge on any atom is 0.339 e. The summed E-state index contributed by atoms with van der Waals surface area (Å²) in [4.78, 5) is 32.3. The minimum atomic E-state index is -0.476. The maximum absolute atomic E-state index is 13.0. The topological polar surface area (TPSA) is 59.5 Å². The van der Waals surface area contributed by atoms with Gasteiger partial charge in [0.15, 0.2) is 12.4 Å². The molecule has 0 saturated heterocycles. The van der Waals surface area contributed by atoms with Gasteiger partial charge >= 0.3 is 5.97 Å². The number of carbonyl (C=O) groups excluding carboxylic acids is 2. The number of ketones is 1. The van der Waals surface area contributed by atoms with Crippen LogP contribution in [0.25, 0.3) is 10.9 Å². The molecule has 0 bridgehead atoms. The lowest BCUT2D eigenvalue weighted by atomic mass is 9.96. The van der Waals surface area contributed by atoms with Gasteiger partial charge in [-0.1, -0.05) is 46.3 Å². The molecule has 6 heteroatoms. The fourth-order valence-electron chi connectivity index (χ4n) is 3.48. The molecule has 0 aliphatic carbocycles. The fourth-order valence-corrected chi connectivity index (χ4v) is 3.74. The molecule has 0 spiro atoms. The second-order valence-corrected chi connectivity index (χ2v) is 7.84. The second kappa shape index (κ2) is 7.81. The Labute approximate surface area is 171 Å². The molecule has 1 aliphatic heterocycles. The van der Waals surface area contributed by atoms with E-state index < -0.39 is 5.97 Å². The molecule has 1 aliphatic rings. The van der Waals surface area contributed by atoms with E-state index in [4.69, 9.17) is 9.72 Å². The molecule has 0 atom stereocenters. The van der Waals surface area contributed by atoms with Crippen LogP contribution in [0.1, 0.15) is 32.0 Å². The summed E-state index contributed by atoms with van der Waals surface area (Å²) in [5.41, 5.74) is 3.64. The Morgan fingerprint density at radius 1 is 1.14 bits per heavy atom. The number of carbonyl (C=O) groups is 2. The average Bonchev–Trinajstić information content (AvgIpc) is 2.70. The van der Waals surface area contributed by atoms with Crippen molar-refractivity contribution in [2.24, 2.45) is 0 Å². The molecule has 0 radical (unpaired) electrons. The number of Topliss-reactive ketones (excluding diaryl/α,β-unsaturated/α-hetero) is 1. The predicted octanol–water partition coefficient (Wildman–Crippen LogP) is 4.02. The number of fused-ring (bicyclic) bond motifs is 2. The van der Waals surface area contributed by atoms with Crippen LogP contribution in [0.3, 0.4) is 0 Å². The molecule has 0 fully saturated rings. The molecule has 28 heavy (non-hydrogen) atoms. The molecule has 4 rings (SSSR count). The van der Waals surface area contributed by atoms with Crippen LogP contribution in [-0.4, -0.2) is 41.8 Å². The molecular formula is C22H19BrN2O3. The maximum atomic E-state index is 13.0. The van der Waals surface area contributed by atoms with Crippen LogP contribution in [0, 0.1) is 0 Å². The molecule has 5 nitrogen and oxygen atoms in total.